The van der Waals surface area contributed by atoms with Gasteiger partial charge in [0.2, 0.25) is 0 Å². The van der Waals surface area contributed by atoms with E-state index >= 15 is 0 Å². The van der Waals surface area contributed by atoms with Crippen molar-refractivity contribution >= 4 is 11.6 Å². The first-order chi connectivity index (χ1) is 9.51. The van der Waals surface area contributed by atoms with Crippen LogP contribution >= 0.6 is 0 Å². The molecule has 0 radical (unpaired) electrons. The third-order valence-corrected chi connectivity index (χ3v) is 2.53. The van der Waals surface area contributed by atoms with E-state index in [0.717, 1.165) is 6.07 Å². The van der Waals surface area contributed by atoms with E-state index in [-0.39, 0.29) is 23.7 Å². The van der Waals surface area contributed by atoms with E-state index in [0.29, 0.717) is 12.1 Å². The lowest BCUT2D eigenvalue weighted by Crippen LogP contribution is -2.13. The summed E-state index contributed by atoms with van der Waals surface area (Å²) in [5.41, 5.74) is 2.07. The van der Waals surface area contributed by atoms with Gasteiger partial charge in [-0.3, -0.25) is 0 Å². The molecule has 0 aliphatic rings. The Balaban J connectivity index is 2.18. The molecule has 0 saturated heterocycles. The topological polar surface area (TPSA) is 63.0 Å². The molecule has 4 nitrogen and oxygen atoms in total. The maximum Gasteiger partial charge on any atom is 0.178 e. The van der Waals surface area contributed by atoms with Crippen molar-refractivity contribution in [1.29, 1.82) is 0 Å². The molecule has 0 amide bonds. The number of aromatic nitrogens is 1. The molecule has 0 fully saturated rings. The first kappa shape index (κ1) is 14.1. The monoisotopic (exact) mass is 286 g/mol. The van der Waals surface area contributed by atoms with Gasteiger partial charge in [-0.05, 0) is 6.07 Å². The number of nitrogen functional groups attached to an aromatic ring is 1. The Morgan fingerprint density at radius 3 is 2.30 bits per heavy atom. The van der Waals surface area contributed by atoms with Crippen LogP contribution in [0.4, 0.5) is 29.2 Å². The minimum atomic E-state index is -0.955. The molecule has 1 heterocycles. The number of anilines is 2. The van der Waals surface area contributed by atoms with Gasteiger partial charge < -0.3 is 10.7 Å². The Hall–Kier alpha value is -2.35. The quantitative estimate of drug-likeness (QED) is 0.459. The highest BCUT2D eigenvalue weighted by molar-refractivity contribution is 5.47. The second-order valence-corrected chi connectivity index (χ2v) is 3.88. The minimum Gasteiger partial charge on any atom is -0.363 e. The van der Waals surface area contributed by atoms with Gasteiger partial charge in [0.05, 0.1) is 0 Å². The normalized spacial score (nSPS) is 10.4. The molecule has 0 aliphatic heterocycles. The smallest absolute Gasteiger partial charge is 0.178 e. The highest BCUT2D eigenvalue weighted by Crippen LogP contribution is 2.19. The van der Waals surface area contributed by atoms with Crippen LogP contribution in [0.25, 0.3) is 0 Å². The van der Waals surface area contributed by atoms with E-state index in [2.05, 4.69) is 10.3 Å². The predicted molar refractivity (Wildman–Crippen MR) is 65.6 cm³/mol. The molecule has 2 rings (SSSR count). The van der Waals surface area contributed by atoms with Crippen LogP contribution in [-0.4, -0.2) is 4.98 Å². The van der Waals surface area contributed by atoms with E-state index in [1.54, 1.807) is 0 Å². The maximum atomic E-state index is 13.4. The number of nitrogens with one attached hydrogen (secondary N) is 2. The van der Waals surface area contributed by atoms with Crippen molar-refractivity contribution in [3.05, 3.63) is 53.1 Å². The SMILES string of the molecule is NNc1nc(NCc2ccc(F)cc2F)c(F)cc1F. The summed E-state index contributed by atoms with van der Waals surface area (Å²) >= 11 is 0. The van der Waals surface area contributed by atoms with Gasteiger partial charge in [-0.15, -0.1) is 0 Å². The second-order valence-electron chi connectivity index (χ2n) is 3.88. The summed E-state index contributed by atoms with van der Waals surface area (Å²) in [6.07, 6.45) is 0. The standard InChI is InChI=1S/C12H10F4N4/c13-7-2-1-6(8(14)3-7)5-18-11-9(15)4-10(16)12(19-11)20-17/h1-4H,5,17H2,(H2,18,19,20). The predicted octanol–water partition coefficient (Wildman–Crippen LogP) is 2.54. The van der Waals surface area contributed by atoms with Crippen LogP contribution in [0.1, 0.15) is 5.56 Å². The third kappa shape index (κ3) is 2.97. The van der Waals surface area contributed by atoms with Gasteiger partial charge in [0.15, 0.2) is 23.3 Å². The molecule has 0 atom stereocenters. The van der Waals surface area contributed by atoms with Crippen LogP contribution in [-0.2, 0) is 6.54 Å². The molecular formula is C12H10F4N4. The van der Waals surface area contributed by atoms with Crippen molar-refractivity contribution in [2.75, 3.05) is 10.7 Å². The van der Waals surface area contributed by atoms with Gasteiger partial charge in [-0.1, -0.05) is 6.07 Å². The summed E-state index contributed by atoms with van der Waals surface area (Å²) in [4.78, 5) is 3.56. The van der Waals surface area contributed by atoms with E-state index in [9.17, 15) is 17.6 Å². The Kier molecular flexibility index (Phi) is 4.04. The van der Waals surface area contributed by atoms with Crippen LogP contribution in [0.15, 0.2) is 24.3 Å². The van der Waals surface area contributed by atoms with Crippen molar-refractivity contribution < 1.29 is 17.6 Å². The first-order valence-corrected chi connectivity index (χ1v) is 5.51. The molecule has 1 aromatic carbocycles. The molecule has 1 aromatic heterocycles. The molecule has 20 heavy (non-hydrogen) atoms. The number of hydrogen-bond acceptors (Lipinski definition) is 4. The van der Waals surface area contributed by atoms with Gasteiger partial charge in [0.25, 0.3) is 0 Å². The number of benzene rings is 1. The largest absolute Gasteiger partial charge is 0.363 e. The zero-order valence-electron chi connectivity index (χ0n) is 10.1. The Morgan fingerprint density at radius 1 is 0.950 bits per heavy atom. The molecule has 2 aromatic rings. The summed E-state index contributed by atoms with van der Waals surface area (Å²) in [7, 11) is 0. The second kappa shape index (κ2) is 5.74. The van der Waals surface area contributed by atoms with Crippen LogP contribution in [0.2, 0.25) is 0 Å². The van der Waals surface area contributed by atoms with Gasteiger partial charge in [0.1, 0.15) is 11.6 Å². The van der Waals surface area contributed by atoms with Crippen molar-refractivity contribution in [3.8, 4) is 0 Å². The van der Waals surface area contributed by atoms with Crippen molar-refractivity contribution in [2.24, 2.45) is 5.84 Å². The summed E-state index contributed by atoms with van der Waals surface area (Å²) in [6.45, 7) is -0.147. The number of pyridine rings is 1. The summed E-state index contributed by atoms with van der Waals surface area (Å²) in [5.74, 6) is 0.951. The van der Waals surface area contributed by atoms with Crippen LogP contribution in [0.3, 0.4) is 0 Å². The average Bonchev–Trinajstić information content (AvgIpc) is 2.39. The number of nitrogens with zero attached hydrogens (tertiary/aromatic N) is 1. The van der Waals surface area contributed by atoms with E-state index in [4.69, 9.17) is 5.84 Å². The summed E-state index contributed by atoms with van der Waals surface area (Å²) in [6, 6.07) is 3.58. The molecule has 0 spiro atoms. The number of nitrogens with two attached hydrogens (primary N) is 1. The fraction of sp³-hybridized carbons (Fsp3) is 0.0833. The average molecular weight is 286 g/mol. The Labute approximate surface area is 111 Å². The lowest BCUT2D eigenvalue weighted by Gasteiger charge is -2.10. The van der Waals surface area contributed by atoms with Crippen molar-refractivity contribution in [3.63, 3.8) is 0 Å². The van der Waals surface area contributed by atoms with E-state index in [1.165, 1.54) is 6.07 Å². The van der Waals surface area contributed by atoms with E-state index in [1.807, 2.05) is 5.43 Å². The third-order valence-electron chi connectivity index (χ3n) is 2.53. The zero-order valence-corrected chi connectivity index (χ0v) is 10.1. The fourth-order valence-electron chi connectivity index (χ4n) is 1.54. The highest BCUT2D eigenvalue weighted by atomic mass is 19.1. The number of rotatable bonds is 4. The molecular weight excluding hydrogens is 276 g/mol. The van der Waals surface area contributed by atoms with E-state index < -0.39 is 23.3 Å². The molecule has 106 valence electrons. The summed E-state index contributed by atoms with van der Waals surface area (Å²) < 4.78 is 52.7. The summed E-state index contributed by atoms with van der Waals surface area (Å²) in [5, 5.41) is 2.48. The highest BCUT2D eigenvalue weighted by Gasteiger charge is 2.12. The maximum absolute atomic E-state index is 13.4. The molecule has 8 heteroatoms. The molecule has 0 bridgehead atoms. The van der Waals surface area contributed by atoms with Gasteiger partial charge in [-0.2, -0.15) is 0 Å². The van der Waals surface area contributed by atoms with Gasteiger partial charge in [0, 0.05) is 24.2 Å². The lowest BCUT2D eigenvalue weighted by molar-refractivity contribution is 0.570. The molecule has 4 N–H and O–H groups in total. The number of hydrazine groups is 1. The zero-order chi connectivity index (χ0) is 14.7. The van der Waals surface area contributed by atoms with Crippen molar-refractivity contribution in [2.45, 2.75) is 6.54 Å². The fourth-order valence-corrected chi connectivity index (χ4v) is 1.54. The van der Waals surface area contributed by atoms with Crippen LogP contribution < -0.4 is 16.6 Å². The first-order valence-electron chi connectivity index (χ1n) is 5.51. The molecule has 0 saturated carbocycles. The number of halogens is 4. The Bertz CT molecular complexity index is 633. The van der Waals surface area contributed by atoms with Crippen molar-refractivity contribution in [1.82, 2.24) is 4.98 Å². The van der Waals surface area contributed by atoms with Crippen LogP contribution in [0, 0.1) is 23.3 Å². The lowest BCUT2D eigenvalue weighted by atomic mass is 10.2. The molecule has 0 aliphatic carbocycles. The van der Waals surface area contributed by atoms with Gasteiger partial charge >= 0.3 is 0 Å². The number of hydrogen-bond donors (Lipinski definition) is 3. The van der Waals surface area contributed by atoms with Crippen LogP contribution in [0.5, 0.6) is 0 Å². The minimum absolute atomic E-state index is 0.110. The van der Waals surface area contributed by atoms with Gasteiger partial charge in [-0.25, -0.2) is 28.4 Å². The molecule has 0 unspecified atom stereocenters. The Morgan fingerprint density at radius 2 is 1.65 bits per heavy atom.